The van der Waals surface area contributed by atoms with Gasteiger partial charge in [-0.15, -0.1) is 0 Å². The van der Waals surface area contributed by atoms with Gasteiger partial charge in [0.05, 0.1) is 0 Å². The molecule has 1 fully saturated rings. The normalized spacial score (nSPS) is 21.4. The maximum atomic E-state index is 14.1. The minimum Gasteiger partial charge on any atom is -0.480 e. The molecule has 0 saturated carbocycles. The third kappa shape index (κ3) is 3.31. The van der Waals surface area contributed by atoms with Crippen LogP contribution < -0.4 is 0 Å². The highest BCUT2D eigenvalue weighted by molar-refractivity contribution is 6.04. The Balaban J connectivity index is 1.75. The van der Waals surface area contributed by atoms with Gasteiger partial charge in [0.2, 0.25) is 0 Å². The quantitative estimate of drug-likeness (QED) is 0.788. The van der Waals surface area contributed by atoms with Gasteiger partial charge in [0.15, 0.2) is 11.9 Å². The van der Waals surface area contributed by atoms with E-state index in [1.807, 2.05) is 36.4 Å². The number of halogens is 2. The highest BCUT2D eigenvalue weighted by atomic mass is 19.3. The van der Waals surface area contributed by atoms with E-state index < -0.39 is 17.8 Å². The zero-order chi connectivity index (χ0) is 16.3. The van der Waals surface area contributed by atoms with Crippen molar-refractivity contribution in [3.05, 3.63) is 77.5 Å². The number of aryl methyl sites for hydroxylation is 1. The van der Waals surface area contributed by atoms with E-state index in [1.54, 1.807) is 24.3 Å². The summed E-state index contributed by atoms with van der Waals surface area (Å²) in [6.07, 6.45) is 0.492. The average Bonchev–Trinajstić information content (AvgIpc) is 2.78. The number of hydrogen-bond donors (Lipinski definition) is 0. The summed E-state index contributed by atoms with van der Waals surface area (Å²) >= 11 is 0. The fourth-order valence-electron chi connectivity index (χ4n) is 2.57. The third-order valence-corrected chi connectivity index (χ3v) is 3.84. The van der Waals surface area contributed by atoms with Crippen LogP contribution in [0.5, 0.6) is 0 Å². The van der Waals surface area contributed by atoms with Crippen LogP contribution in [0, 0.1) is 0 Å². The van der Waals surface area contributed by atoms with Gasteiger partial charge >= 0.3 is 5.92 Å². The lowest BCUT2D eigenvalue weighted by atomic mass is 10.0. The number of ether oxygens (including phenoxy) is 1. The van der Waals surface area contributed by atoms with Crippen molar-refractivity contribution >= 4 is 11.9 Å². The summed E-state index contributed by atoms with van der Waals surface area (Å²) in [6, 6.07) is 18.2. The van der Waals surface area contributed by atoms with Crippen molar-refractivity contribution in [3.8, 4) is 0 Å². The van der Waals surface area contributed by atoms with E-state index in [2.05, 4.69) is 0 Å². The lowest BCUT2D eigenvalue weighted by Crippen LogP contribution is -2.34. The molecule has 0 bridgehead atoms. The molecule has 0 radical (unpaired) electrons. The molecule has 1 saturated heterocycles. The summed E-state index contributed by atoms with van der Waals surface area (Å²) in [7, 11) is 0. The maximum absolute atomic E-state index is 14.1. The molecule has 0 spiro atoms. The van der Waals surface area contributed by atoms with Crippen molar-refractivity contribution in [2.75, 3.05) is 0 Å². The van der Waals surface area contributed by atoms with Crippen molar-refractivity contribution in [1.29, 1.82) is 0 Å². The summed E-state index contributed by atoms with van der Waals surface area (Å²) in [4.78, 5) is 11.9. The smallest absolute Gasteiger partial charge is 0.348 e. The maximum Gasteiger partial charge on any atom is 0.348 e. The molecular formula is C19H16F2O2. The minimum atomic E-state index is -3.48. The summed E-state index contributed by atoms with van der Waals surface area (Å²) in [5.41, 5.74) is 1.61. The number of rotatable bonds is 4. The standard InChI is InChI=1S/C19H16F2O2/c20-19(21)17(12-11-14-7-3-1-4-8-14)23-16(18(19)22)13-15-9-5-2-6-10-15/h1-10,13,17H,11-12H2/b16-13-. The predicted molar refractivity (Wildman–Crippen MR) is 84.0 cm³/mol. The molecule has 0 aromatic heterocycles. The predicted octanol–water partition coefficient (Wildman–Crippen LogP) is 4.26. The number of Topliss-reactive ketones (excluding diaryl/α,β-unsaturated/α-hetero) is 1. The van der Waals surface area contributed by atoms with Gasteiger partial charge in [0.1, 0.15) is 0 Å². The summed E-state index contributed by atoms with van der Waals surface area (Å²) in [5.74, 6) is -4.98. The molecule has 1 heterocycles. The van der Waals surface area contributed by atoms with E-state index >= 15 is 0 Å². The first-order valence-corrected chi connectivity index (χ1v) is 7.47. The van der Waals surface area contributed by atoms with Crippen molar-refractivity contribution in [3.63, 3.8) is 0 Å². The van der Waals surface area contributed by atoms with Gasteiger partial charge in [-0.2, -0.15) is 8.78 Å². The average molecular weight is 314 g/mol. The minimum absolute atomic E-state index is 0.0921. The van der Waals surface area contributed by atoms with Crippen LogP contribution in [0.15, 0.2) is 66.4 Å². The first kappa shape index (κ1) is 15.4. The Kier molecular flexibility index (Phi) is 4.24. The van der Waals surface area contributed by atoms with E-state index in [0.29, 0.717) is 12.0 Å². The van der Waals surface area contributed by atoms with Gasteiger partial charge < -0.3 is 4.74 Å². The number of ketones is 1. The summed E-state index contributed by atoms with van der Waals surface area (Å²) in [5, 5.41) is 0. The number of allylic oxidation sites excluding steroid dienone is 1. The summed E-state index contributed by atoms with van der Waals surface area (Å²) < 4.78 is 33.6. The Hall–Kier alpha value is -2.49. The number of alkyl halides is 2. The fraction of sp³-hybridized carbons (Fsp3) is 0.211. The molecule has 2 aromatic carbocycles. The van der Waals surface area contributed by atoms with Crippen LogP contribution in [0.2, 0.25) is 0 Å². The first-order chi connectivity index (χ1) is 11.1. The van der Waals surface area contributed by atoms with Crippen LogP contribution in [-0.4, -0.2) is 17.8 Å². The van der Waals surface area contributed by atoms with Crippen molar-refractivity contribution in [2.45, 2.75) is 24.9 Å². The van der Waals surface area contributed by atoms with E-state index in [1.165, 1.54) is 6.08 Å². The van der Waals surface area contributed by atoms with Crippen LogP contribution in [0.4, 0.5) is 8.78 Å². The second-order valence-corrected chi connectivity index (χ2v) is 5.50. The van der Waals surface area contributed by atoms with E-state index in [9.17, 15) is 13.6 Å². The largest absolute Gasteiger partial charge is 0.480 e. The molecule has 2 aromatic rings. The van der Waals surface area contributed by atoms with Crippen LogP contribution in [0.25, 0.3) is 6.08 Å². The van der Waals surface area contributed by atoms with Gasteiger partial charge in [0, 0.05) is 0 Å². The molecule has 1 aliphatic heterocycles. The molecule has 23 heavy (non-hydrogen) atoms. The molecular weight excluding hydrogens is 298 g/mol. The van der Waals surface area contributed by atoms with E-state index in [0.717, 1.165) is 5.56 Å². The number of benzene rings is 2. The Morgan fingerprint density at radius 2 is 1.61 bits per heavy atom. The van der Waals surface area contributed by atoms with Gasteiger partial charge in [-0.3, -0.25) is 4.79 Å². The fourth-order valence-corrected chi connectivity index (χ4v) is 2.57. The molecule has 0 N–H and O–H groups in total. The Morgan fingerprint density at radius 1 is 1.00 bits per heavy atom. The number of hydrogen-bond acceptors (Lipinski definition) is 2. The molecule has 0 amide bonds. The van der Waals surface area contributed by atoms with E-state index in [4.69, 9.17) is 4.74 Å². The van der Waals surface area contributed by atoms with E-state index in [-0.39, 0.29) is 12.2 Å². The highest BCUT2D eigenvalue weighted by Gasteiger charge is 2.56. The monoisotopic (exact) mass is 314 g/mol. The molecule has 4 heteroatoms. The summed E-state index contributed by atoms with van der Waals surface area (Å²) in [6.45, 7) is 0. The Bertz CT molecular complexity index is 709. The molecule has 0 aliphatic carbocycles. The van der Waals surface area contributed by atoms with Crippen molar-refractivity contribution in [2.24, 2.45) is 0 Å². The topological polar surface area (TPSA) is 26.3 Å². The molecule has 118 valence electrons. The molecule has 1 aliphatic rings. The molecule has 2 nitrogen and oxygen atoms in total. The van der Waals surface area contributed by atoms with Gasteiger partial charge in [-0.25, -0.2) is 0 Å². The lowest BCUT2D eigenvalue weighted by molar-refractivity contribution is -0.140. The Labute approximate surface area is 133 Å². The third-order valence-electron chi connectivity index (χ3n) is 3.84. The highest BCUT2D eigenvalue weighted by Crippen LogP contribution is 2.37. The van der Waals surface area contributed by atoms with Gasteiger partial charge in [-0.1, -0.05) is 60.7 Å². The lowest BCUT2D eigenvalue weighted by Gasteiger charge is -2.15. The zero-order valence-electron chi connectivity index (χ0n) is 12.4. The zero-order valence-corrected chi connectivity index (χ0v) is 12.4. The van der Waals surface area contributed by atoms with Crippen LogP contribution in [0.1, 0.15) is 17.5 Å². The first-order valence-electron chi connectivity index (χ1n) is 7.47. The second-order valence-electron chi connectivity index (χ2n) is 5.50. The molecule has 3 rings (SSSR count). The molecule has 1 unspecified atom stereocenters. The van der Waals surface area contributed by atoms with Crippen molar-refractivity contribution in [1.82, 2.24) is 0 Å². The second kappa shape index (κ2) is 6.32. The Morgan fingerprint density at radius 3 is 2.26 bits per heavy atom. The number of carbonyl (C=O) groups is 1. The van der Waals surface area contributed by atoms with Crippen molar-refractivity contribution < 1.29 is 18.3 Å². The number of carbonyl (C=O) groups excluding carboxylic acids is 1. The van der Waals surface area contributed by atoms with Gasteiger partial charge in [0.25, 0.3) is 5.78 Å². The van der Waals surface area contributed by atoms with Crippen LogP contribution >= 0.6 is 0 Å². The van der Waals surface area contributed by atoms with Crippen LogP contribution in [0.3, 0.4) is 0 Å². The SMILES string of the molecule is O=C1/C(=C/c2ccccc2)OC(CCc2ccccc2)C1(F)F. The van der Waals surface area contributed by atoms with Crippen LogP contribution in [-0.2, 0) is 16.0 Å². The van der Waals surface area contributed by atoms with Gasteiger partial charge in [-0.05, 0) is 30.0 Å². The molecule has 1 atom stereocenters.